The highest BCUT2D eigenvalue weighted by molar-refractivity contribution is 5.94. The van der Waals surface area contributed by atoms with E-state index < -0.39 is 17.9 Å². The molecule has 0 bridgehead atoms. The van der Waals surface area contributed by atoms with E-state index in [-0.39, 0.29) is 12.6 Å². The summed E-state index contributed by atoms with van der Waals surface area (Å²) in [5, 5.41) is 0. The fraction of sp³-hybridized carbons (Fsp3) is 0.357. The first kappa shape index (κ1) is 13.3. The highest BCUT2D eigenvalue weighted by Gasteiger charge is 2.32. The van der Waals surface area contributed by atoms with Crippen molar-refractivity contribution in [1.82, 2.24) is 0 Å². The fourth-order valence-electron chi connectivity index (χ4n) is 1.86. The van der Waals surface area contributed by atoms with E-state index in [4.69, 9.17) is 4.74 Å². The maximum Gasteiger partial charge on any atom is 0.331 e. The fourth-order valence-corrected chi connectivity index (χ4v) is 1.86. The maximum atomic E-state index is 11.8. The average Bonchev–Trinajstić information content (AvgIpc) is 2.95. The van der Waals surface area contributed by atoms with E-state index in [1.54, 1.807) is 0 Å². The summed E-state index contributed by atoms with van der Waals surface area (Å²) in [5.41, 5.74) is 0.919. The van der Waals surface area contributed by atoms with E-state index in [0.717, 1.165) is 5.56 Å². The van der Waals surface area contributed by atoms with Crippen molar-refractivity contribution in [2.24, 2.45) is 10.9 Å². The summed E-state index contributed by atoms with van der Waals surface area (Å²) in [5.74, 6) is -1.23. The second kappa shape index (κ2) is 6.13. The normalized spacial score (nSPS) is 21.1. The molecule has 5 nitrogen and oxygen atoms in total. The Morgan fingerprint density at radius 1 is 1.26 bits per heavy atom. The third kappa shape index (κ3) is 3.40. The molecule has 2 atom stereocenters. The molecular formula is C14H15NO4. The van der Waals surface area contributed by atoms with Crippen LogP contribution in [0.25, 0.3) is 0 Å². The number of carbonyl (C=O) groups is 2. The molecule has 1 aliphatic heterocycles. The molecule has 0 N–H and O–H groups in total. The molecule has 0 spiro atoms. The van der Waals surface area contributed by atoms with Crippen molar-refractivity contribution in [3.05, 3.63) is 35.9 Å². The van der Waals surface area contributed by atoms with Crippen molar-refractivity contribution >= 4 is 18.2 Å². The lowest BCUT2D eigenvalue weighted by Crippen LogP contribution is -2.23. The number of methoxy groups -OCH3 is 1. The number of hydrogen-bond donors (Lipinski definition) is 0. The summed E-state index contributed by atoms with van der Waals surface area (Å²) in [6.45, 7) is 0.217. The lowest BCUT2D eigenvalue weighted by Gasteiger charge is -2.09. The van der Waals surface area contributed by atoms with Crippen molar-refractivity contribution in [3.63, 3.8) is 0 Å². The molecule has 0 fully saturated rings. The molecule has 2 rings (SSSR count). The van der Waals surface area contributed by atoms with Gasteiger partial charge in [-0.15, -0.1) is 0 Å². The predicted octanol–water partition coefficient (Wildman–Crippen LogP) is 1.36. The molecule has 1 aromatic carbocycles. The monoisotopic (exact) mass is 261 g/mol. The van der Waals surface area contributed by atoms with Crippen LogP contribution >= 0.6 is 0 Å². The number of nitrogens with zero attached hydrogens (tertiary/aromatic N) is 1. The van der Waals surface area contributed by atoms with Crippen molar-refractivity contribution in [2.75, 3.05) is 7.11 Å². The van der Waals surface area contributed by atoms with Crippen molar-refractivity contribution < 1.29 is 19.1 Å². The molecule has 0 aromatic heterocycles. The van der Waals surface area contributed by atoms with Crippen LogP contribution in [0.3, 0.4) is 0 Å². The van der Waals surface area contributed by atoms with Crippen LogP contribution in [0.5, 0.6) is 0 Å². The molecule has 0 amide bonds. The Kier molecular flexibility index (Phi) is 4.28. The number of aliphatic imine (C=N–C) groups is 1. The molecule has 19 heavy (non-hydrogen) atoms. The molecule has 0 radical (unpaired) electrons. The number of ether oxygens (including phenoxy) is 2. The van der Waals surface area contributed by atoms with Gasteiger partial charge in [0.15, 0.2) is 0 Å². The van der Waals surface area contributed by atoms with Crippen LogP contribution < -0.4 is 0 Å². The van der Waals surface area contributed by atoms with Crippen LogP contribution in [-0.4, -0.2) is 31.3 Å². The Bertz CT molecular complexity index is 483. The molecule has 1 aliphatic rings. The van der Waals surface area contributed by atoms with Crippen LogP contribution in [0.4, 0.5) is 0 Å². The zero-order valence-corrected chi connectivity index (χ0v) is 10.6. The van der Waals surface area contributed by atoms with E-state index in [9.17, 15) is 9.59 Å². The molecule has 0 saturated carbocycles. The van der Waals surface area contributed by atoms with Crippen molar-refractivity contribution in [3.8, 4) is 0 Å². The molecule has 1 aromatic rings. The number of benzene rings is 1. The quantitative estimate of drug-likeness (QED) is 0.768. The largest absolute Gasteiger partial charge is 0.469 e. The third-order valence-electron chi connectivity index (χ3n) is 2.92. The van der Waals surface area contributed by atoms with Gasteiger partial charge in [-0.2, -0.15) is 0 Å². The van der Waals surface area contributed by atoms with Gasteiger partial charge < -0.3 is 9.47 Å². The Balaban J connectivity index is 1.82. The first-order valence-corrected chi connectivity index (χ1v) is 6.02. The highest BCUT2D eigenvalue weighted by atomic mass is 16.5. The maximum absolute atomic E-state index is 11.8. The minimum atomic E-state index is -0.604. The van der Waals surface area contributed by atoms with Gasteiger partial charge in [0.1, 0.15) is 12.6 Å². The average molecular weight is 261 g/mol. The van der Waals surface area contributed by atoms with Gasteiger partial charge in [0.25, 0.3) is 0 Å². The van der Waals surface area contributed by atoms with Crippen LogP contribution in [0.15, 0.2) is 35.3 Å². The van der Waals surface area contributed by atoms with E-state index >= 15 is 0 Å². The molecule has 0 saturated heterocycles. The number of carbonyl (C=O) groups excluding carboxylic acids is 2. The van der Waals surface area contributed by atoms with Crippen molar-refractivity contribution in [1.29, 1.82) is 0 Å². The second-order valence-corrected chi connectivity index (χ2v) is 4.27. The zero-order valence-electron chi connectivity index (χ0n) is 10.6. The van der Waals surface area contributed by atoms with Gasteiger partial charge in [0.05, 0.1) is 13.0 Å². The van der Waals surface area contributed by atoms with Gasteiger partial charge in [0, 0.05) is 6.21 Å². The number of esters is 2. The zero-order chi connectivity index (χ0) is 13.7. The van der Waals surface area contributed by atoms with Crippen LogP contribution in [0, 0.1) is 5.92 Å². The van der Waals surface area contributed by atoms with Crippen LogP contribution in [-0.2, 0) is 25.7 Å². The topological polar surface area (TPSA) is 65.0 Å². The molecule has 0 aliphatic carbocycles. The number of rotatable bonds is 4. The minimum absolute atomic E-state index is 0.217. The summed E-state index contributed by atoms with van der Waals surface area (Å²) < 4.78 is 9.78. The summed E-state index contributed by atoms with van der Waals surface area (Å²) in [6.07, 6.45) is 1.78. The SMILES string of the molecule is COC(=O)C1C=NC(C(=O)OCc2ccccc2)C1. The van der Waals surface area contributed by atoms with E-state index in [1.165, 1.54) is 13.3 Å². The van der Waals surface area contributed by atoms with Gasteiger partial charge in [0.2, 0.25) is 0 Å². The van der Waals surface area contributed by atoms with Crippen molar-refractivity contribution in [2.45, 2.75) is 19.1 Å². The Morgan fingerprint density at radius 2 is 2.00 bits per heavy atom. The Morgan fingerprint density at radius 3 is 2.68 bits per heavy atom. The summed E-state index contributed by atoms with van der Waals surface area (Å²) in [7, 11) is 1.32. The minimum Gasteiger partial charge on any atom is -0.469 e. The van der Waals surface area contributed by atoms with E-state index in [2.05, 4.69) is 9.73 Å². The summed E-state index contributed by atoms with van der Waals surface area (Å²) in [4.78, 5) is 27.1. The lowest BCUT2D eigenvalue weighted by atomic mass is 10.1. The highest BCUT2D eigenvalue weighted by Crippen LogP contribution is 2.18. The Labute approximate surface area is 111 Å². The number of hydrogen-bond acceptors (Lipinski definition) is 5. The van der Waals surface area contributed by atoms with Gasteiger partial charge >= 0.3 is 11.9 Å². The first-order chi connectivity index (χ1) is 9.20. The van der Waals surface area contributed by atoms with Gasteiger partial charge in [-0.3, -0.25) is 9.79 Å². The summed E-state index contributed by atoms with van der Waals surface area (Å²) in [6, 6.07) is 8.81. The van der Waals surface area contributed by atoms with Gasteiger partial charge in [-0.1, -0.05) is 30.3 Å². The summed E-state index contributed by atoms with van der Waals surface area (Å²) >= 11 is 0. The molecule has 100 valence electrons. The predicted molar refractivity (Wildman–Crippen MR) is 68.6 cm³/mol. The molecule has 5 heteroatoms. The molecule has 1 heterocycles. The van der Waals surface area contributed by atoms with Gasteiger partial charge in [-0.05, 0) is 12.0 Å². The molecule has 2 unspecified atom stereocenters. The standard InChI is InChI=1S/C14H15NO4/c1-18-13(16)11-7-12(15-8-11)14(17)19-9-10-5-3-2-4-6-10/h2-6,8,11-12H,7,9H2,1H3. The third-order valence-corrected chi connectivity index (χ3v) is 2.92. The van der Waals surface area contributed by atoms with Crippen LogP contribution in [0.2, 0.25) is 0 Å². The molecular weight excluding hydrogens is 246 g/mol. The Hall–Kier alpha value is -2.17. The van der Waals surface area contributed by atoms with Gasteiger partial charge in [-0.25, -0.2) is 4.79 Å². The lowest BCUT2D eigenvalue weighted by molar-refractivity contribution is -0.147. The van der Waals surface area contributed by atoms with E-state index in [1.807, 2.05) is 30.3 Å². The smallest absolute Gasteiger partial charge is 0.331 e. The van der Waals surface area contributed by atoms with Crippen LogP contribution in [0.1, 0.15) is 12.0 Å². The van der Waals surface area contributed by atoms with E-state index in [0.29, 0.717) is 6.42 Å². The second-order valence-electron chi connectivity index (χ2n) is 4.27. The first-order valence-electron chi connectivity index (χ1n) is 6.02.